The molecule has 0 bridgehead atoms. The Kier molecular flexibility index (Phi) is 9.90. The van der Waals surface area contributed by atoms with Crippen molar-refractivity contribution in [2.24, 2.45) is 0 Å². The zero-order chi connectivity index (χ0) is 30.4. The Morgan fingerprint density at radius 1 is 0.905 bits per heavy atom. The number of Topliss-reactive ketones (excluding diaryl/α,β-unsaturated/α-hetero) is 1. The van der Waals surface area contributed by atoms with Gasteiger partial charge in [-0.2, -0.15) is 0 Å². The lowest BCUT2D eigenvalue weighted by Crippen LogP contribution is -2.36. The van der Waals surface area contributed by atoms with Gasteiger partial charge in [0.05, 0.1) is 33.0 Å². The average Bonchev–Trinajstić information content (AvgIpc) is 2.96. The van der Waals surface area contributed by atoms with E-state index in [9.17, 15) is 14.4 Å². The molecule has 224 valence electrons. The SMILES string of the molecule is CCOc1cc([C@H]2C(C(=O)OCCOC)=C(C)NC3=C2C(=O)C[C@@H](c2ccc(OC)c(OC)c2)C3)ccc1OC(C)=O. The Morgan fingerprint density at radius 2 is 1.60 bits per heavy atom. The van der Waals surface area contributed by atoms with E-state index in [0.29, 0.717) is 52.7 Å². The first-order valence-corrected chi connectivity index (χ1v) is 13.8. The Balaban J connectivity index is 1.80. The summed E-state index contributed by atoms with van der Waals surface area (Å²) >= 11 is 0. The topological polar surface area (TPSA) is 119 Å². The number of rotatable bonds is 11. The van der Waals surface area contributed by atoms with Crippen LogP contribution in [0.15, 0.2) is 58.9 Å². The number of allylic oxidation sites excluding steroid dienone is 3. The van der Waals surface area contributed by atoms with Gasteiger partial charge in [-0.05, 0) is 61.6 Å². The van der Waals surface area contributed by atoms with Crippen molar-refractivity contribution in [2.45, 2.75) is 45.4 Å². The van der Waals surface area contributed by atoms with Crippen LogP contribution in [0, 0.1) is 0 Å². The van der Waals surface area contributed by atoms with Crippen molar-refractivity contribution in [3.63, 3.8) is 0 Å². The summed E-state index contributed by atoms with van der Waals surface area (Å²) in [6, 6.07) is 10.7. The molecule has 1 aliphatic carbocycles. The van der Waals surface area contributed by atoms with E-state index in [0.717, 1.165) is 11.3 Å². The minimum Gasteiger partial charge on any atom is -0.493 e. The molecule has 0 amide bonds. The quantitative estimate of drug-likeness (QED) is 0.230. The third-order valence-electron chi connectivity index (χ3n) is 7.30. The molecule has 0 fully saturated rings. The molecule has 2 aromatic rings. The predicted octanol–water partition coefficient (Wildman–Crippen LogP) is 4.58. The highest BCUT2D eigenvalue weighted by Crippen LogP contribution is 2.47. The Labute approximate surface area is 245 Å². The molecule has 0 unspecified atom stereocenters. The second-order valence-electron chi connectivity index (χ2n) is 9.99. The number of benzene rings is 2. The lowest BCUT2D eigenvalue weighted by atomic mass is 9.71. The molecule has 10 heteroatoms. The summed E-state index contributed by atoms with van der Waals surface area (Å²) in [4.78, 5) is 39.1. The van der Waals surface area contributed by atoms with Crippen LogP contribution in [0.3, 0.4) is 0 Å². The number of hydrogen-bond acceptors (Lipinski definition) is 10. The number of ketones is 1. The Morgan fingerprint density at radius 3 is 2.26 bits per heavy atom. The number of hydrogen-bond donors (Lipinski definition) is 1. The van der Waals surface area contributed by atoms with Gasteiger partial charge in [-0.15, -0.1) is 0 Å². The molecule has 4 rings (SSSR count). The predicted molar refractivity (Wildman–Crippen MR) is 154 cm³/mol. The van der Waals surface area contributed by atoms with Crippen LogP contribution < -0.4 is 24.3 Å². The minimum atomic E-state index is -0.722. The summed E-state index contributed by atoms with van der Waals surface area (Å²) < 4.78 is 32.6. The molecule has 10 nitrogen and oxygen atoms in total. The number of dihydropyridines is 1. The molecule has 1 N–H and O–H groups in total. The smallest absolute Gasteiger partial charge is 0.336 e. The normalized spacial score (nSPS) is 18.2. The molecule has 0 saturated carbocycles. The van der Waals surface area contributed by atoms with Crippen molar-refractivity contribution in [3.05, 3.63) is 70.1 Å². The van der Waals surface area contributed by atoms with Crippen molar-refractivity contribution in [2.75, 3.05) is 41.2 Å². The number of carbonyl (C=O) groups is 3. The van der Waals surface area contributed by atoms with Gasteiger partial charge in [-0.1, -0.05) is 12.1 Å². The maximum absolute atomic E-state index is 14.0. The zero-order valence-electron chi connectivity index (χ0n) is 24.8. The van der Waals surface area contributed by atoms with Gasteiger partial charge in [0.2, 0.25) is 0 Å². The molecule has 2 aliphatic rings. The number of ether oxygens (including phenoxy) is 6. The van der Waals surface area contributed by atoms with Crippen LogP contribution in [0.4, 0.5) is 0 Å². The number of carbonyl (C=O) groups excluding carboxylic acids is 3. The second kappa shape index (κ2) is 13.6. The van der Waals surface area contributed by atoms with E-state index in [1.165, 1.54) is 14.0 Å². The van der Waals surface area contributed by atoms with Crippen molar-refractivity contribution in [3.8, 4) is 23.0 Å². The first-order chi connectivity index (χ1) is 20.2. The van der Waals surface area contributed by atoms with Gasteiger partial charge in [0.25, 0.3) is 0 Å². The van der Waals surface area contributed by atoms with Gasteiger partial charge in [-0.3, -0.25) is 9.59 Å². The third-order valence-corrected chi connectivity index (χ3v) is 7.30. The van der Waals surface area contributed by atoms with E-state index >= 15 is 0 Å². The fraction of sp³-hybridized carbons (Fsp3) is 0.406. The first-order valence-electron chi connectivity index (χ1n) is 13.8. The van der Waals surface area contributed by atoms with Gasteiger partial charge in [0.15, 0.2) is 28.8 Å². The molecular weight excluding hydrogens is 542 g/mol. The van der Waals surface area contributed by atoms with E-state index in [2.05, 4.69) is 5.32 Å². The summed E-state index contributed by atoms with van der Waals surface area (Å²) in [5.41, 5.74) is 3.73. The Bertz CT molecular complexity index is 1430. The van der Waals surface area contributed by atoms with Crippen LogP contribution in [-0.2, 0) is 23.9 Å². The molecular formula is C32H37NO9. The zero-order valence-corrected chi connectivity index (χ0v) is 24.8. The highest BCUT2D eigenvalue weighted by Gasteiger charge is 2.42. The fourth-order valence-electron chi connectivity index (χ4n) is 5.49. The van der Waals surface area contributed by atoms with Gasteiger partial charge in [-0.25, -0.2) is 4.79 Å². The molecule has 0 saturated heterocycles. The van der Waals surface area contributed by atoms with Gasteiger partial charge < -0.3 is 33.7 Å². The summed E-state index contributed by atoms with van der Waals surface area (Å²) in [6.45, 7) is 5.55. The molecule has 0 aromatic heterocycles. The fourth-order valence-corrected chi connectivity index (χ4v) is 5.49. The van der Waals surface area contributed by atoms with Crippen LogP contribution in [0.2, 0.25) is 0 Å². The van der Waals surface area contributed by atoms with Crippen LogP contribution >= 0.6 is 0 Å². The monoisotopic (exact) mass is 579 g/mol. The van der Waals surface area contributed by atoms with Crippen LogP contribution in [0.5, 0.6) is 23.0 Å². The number of nitrogens with one attached hydrogen (secondary N) is 1. The van der Waals surface area contributed by atoms with Crippen molar-refractivity contribution < 1.29 is 42.8 Å². The third kappa shape index (κ3) is 6.44. The molecule has 0 spiro atoms. The van der Waals surface area contributed by atoms with E-state index < -0.39 is 17.9 Å². The van der Waals surface area contributed by atoms with E-state index in [1.807, 2.05) is 25.1 Å². The van der Waals surface area contributed by atoms with E-state index in [-0.39, 0.29) is 37.1 Å². The summed E-state index contributed by atoms with van der Waals surface area (Å²) in [6.07, 6.45) is 0.779. The largest absolute Gasteiger partial charge is 0.493 e. The van der Waals surface area contributed by atoms with Crippen molar-refractivity contribution in [1.82, 2.24) is 5.32 Å². The second-order valence-corrected chi connectivity index (χ2v) is 9.99. The average molecular weight is 580 g/mol. The summed E-state index contributed by atoms with van der Waals surface area (Å²) in [7, 11) is 4.68. The first kappa shape index (κ1) is 30.6. The maximum Gasteiger partial charge on any atom is 0.336 e. The Hall–Kier alpha value is -4.31. The van der Waals surface area contributed by atoms with Crippen LogP contribution in [-0.4, -0.2) is 58.9 Å². The van der Waals surface area contributed by atoms with Crippen LogP contribution in [0.1, 0.15) is 56.6 Å². The van der Waals surface area contributed by atoms with Crippen molar-refractivity contribution in [1.29, 1.82) is 0 Å². The van der Waals surface area contributed by atoms with E-state index in [1.54, 1.807) is 39.3 Å². The number of esters is 2. The van der Waals surface area contributed by atoms with Gasteiger partial charge in [0, 0.05) is 43.3 Å². The molecule has 1 aliphatic heterocycles. The molecule has 2 aromatic carbocycles. The van der Waals surface area contributed by atoms with Gasteiger partial charge in [0.1, 0.15) is 6.61 Å². The highest BCUT2D eigenvalue weighted by molar-refractivity contribution is 6.04. The minimum absolute atomic E-state index is 0.0651. The summed E-state index contributed by atoms with van der Waals surface area (Å²) in [5.74, 6) is -0.180. The molecule has 1 heterocycles. The lowest BCUT2D eigenvalue weighted by molar-refractivity contribution is -0.140. The molecule has 0 radical (unpaired) electrons. The number of methoxy groups -OCH3 is 3. The van der Waals surface area contributed by atoms with Crippen molar-refractivity contribution >= 4 is 17.7 Å². The highest BCUT2D eigenvalue weighted by atomic mass is 16.6. The summed E-state index contributed by atoms with van der Waals surface area (Å²) in [5, 5.41) is 3.35. The standard InChI is InChI=1S/C32H37NO9/c1-7-40-28-17-21(9-11-26(28)42-19(3)34)30-29(32(36)41-13-12-37-4)18(2)33-23-14-22(15-24(35)31(23)30)20-8-10-25(38-5)27(16-20)39-6/h8-11,16-17,22,30,33H,7,12-15H2,1-6H3/t22-,30-/m0/s1. The lowest BCUT2D eigenvalue weighted by Gasteiger charge is -2.37. The van der Waals surface area contributed by atoms with Gasteiger partial charge >= 0.3 is 11.9 Å². The maximum atomic E-state index is 14.0. The van der Waals surface area contributed by atoms with E-state index in [4.69, 9.17) is 28.4 Å². The molecule has 2 atom stereocenters. The molecule has 42 heavy (non-hydrogen) atoms. The van der Waals surface area contributed by atoms with Crippen LogP contribution in [0.25, 0.3) is 0 Å².